The summed E-state index contributed by atoms with van der Waals surface area (Å²) in [5.41, 5.74) is 3.74. The summed E-state index contributed by atoms with van der Waals surface area (Å²) in [7, 11) is -4.07. The van der Waals surface area contributed by atoms with E-state index >= 15 is 0 Å². The van der Waals surface area contributed by atoms with Gasteiger partial charge >= 0.3 is 0 Å². The molecule has 2 aliphatic rings. The summed E-state index contributed by atoms with van der Waals surface area (Å²) in [5.74, 6) is -0.00144. The van der Waals surface area contributed by atoms with Gasteiger partial charge in [0.1, 0.15) is 6.61 Å². The Kier molecular flexibility index (Phi) is 7.13. The van der Waals surface area contributed by atoms with Crippen LogP contribution in [0.5, 0.6) is 5.88 Å². The summed E-state index contributed by atoms with van der Waals surface area (Å²) < 4.78 is 35.7. The maximum absolute atomic E-state index is 14.0. The number of carbonyl (C=O) groups is 1. The zero-order chi connectivity index (χ0) is 27.9. The van der Waals surface area contributed by atoms with Gasteiger partial charge in [-0.15, -0.1) is 0 Å². The predicted octanol–water partition coefficient (Wildman–Crippen LogP) is 5.75. The van der Waals surface area contributed by atoms with Crippen molar-refractivity contribution in [1.82, 2.24) is 14.9 Å². The number of aryl methyl sites for hydroxylation is 2. The van der Waals surface area contributed by atoms with Crippen LogP contribution >= 0.6 is 0 Å². The summed E-state index contributed by atoms with van der Waals surface area (Å²) in [6.07, 6.45) is 3.61. The first-order valence-corrected chi connectivity index (χ1v) is 14.9. The fraction of sp³-hybridized carbons (Fsp3) is 0.433. The SMILES string of the molecule is Cc1cccc(C)c1-c1cc2nc(n1)NS(=O)(=O)c1cccc(c1)C(=O)N(C1CCC1)[C@H](CC(C)(C)C)CO2. The van der Waals surface area contributed by atoms with Gasteiger partial charge in [0.05, 0.1) is 16.6 Å². The Morgan fingerprint density at radius 3 is 2.36 bits per heavy atom. The number of amides is 1. The highest BCUT2D eigenvalue weighted by molar-refractivity contribution is 7.92. The summed E-state index contributed by atoms with van der Waals surface area (Å²) in [4.78, 5) is 24.9. The Hall–Kier alpha value is -3.46. The number of rotatable bonds is 3. The monoisotopic (exact) mass is 548 g/mol. The van der Waals surface area contributed by atoms with Crippen LogP contribution in [0.1, 0.15) is 67.9 Å². The first-order chi connectivity index (χ1) is 18.4. The van der Waals surface area contributed by atoms with Crippen LogP contribution in [0.15, 0.2) is 53.4 Å². The number of carbonyl (C=O) groups excluding carboxylic acids is 1. The molecule has 0 spiro atoms. The first-order valence-electron chi connectivity index (χ1n) is 13.5. The molecule has 9 heteroatoms. The molecule has 1 N–H and O–H groups in total. The van der Waals surface area contributed by atoms with Crippen molar-refractivity contribution in [2.75, 3.05) is 11.3 Å². The molecule has 1 saturated carbocycles. The topological polar surface area (TPSA) is 101 Å². The second-order valence-electron chi connectivity index (χ2n) is 11.8. The molecule has 1 atom stereocenters. The molecule has 206 valence electrons. The number of nitrogens with one attached hydrogen (secondary N) is 1. The van der Waals surface area contributed by atoms with Crippen molar-refractivity contribution in [1.29, 1.82) is 0 Å². The number of ether oxygens (including phenoxy) is 1. The molecule has 4 bridgehead atoms. The zero-order valence-corrected chi connectivity index (χ0v) is 24.0. The lowest BCUT2D eigenvalue weighted by Gasteiger charge is -2.44. The number of sulfonamides is 1. The minimum Gasteiger partial charge on any atom is -0.475 e. The Balaban J connectivity index is 1.68. The van der Waals surface area contributed by atoms with Crippen LogP contribution in [-0.4, -0.2) is 47.9 Å². The highest BCUT2D eigenvalue weighted by Crippen LogP contribution is 2.34. The van der Waals surface area contributed by atoms with Crippen LogP contribution in [0.3, 0.4) is 0 Å². The molecule has 5 rings (SSSR count). The number of anilines is 1. The molecule has 1 aliphatic heterocycles. The predicted molar refractivity (Wildman–Crippen MR) is 151 cm³/mol. The minimum atomic E-state index is -4.07. The van der Waals surface area contributed by atoms with Crippen LogP contribution in [0.25, 0.3) is 11.3 Å². The number of aromatic nitrogens is 2. The highest BCUT2D eigenvalue weighted by atomic mass is 32.2. The fourth-order valence-corrected chi connectivity index (χ4v) is 6.43. The third-order valence-electron chi connectivity index (χ3n) is 7.42. The van der Waals surface area contributed by atoms with Gasteiger partial charge in [-0.25, -0.2) is 18.1 Å². The highest BCUT2D eigenvalue weighted by Gasteiger charge is 2.37. The summed E-state index contributed by atoms with van der Waals surface area (Å²) in [6, 6.07) is 13.8. The van der Waals surface area contributed by atoms with Gasteiger partial charge in [-0.1, -0.05) is 45.0 Å². The van der Waals surface area contributed by atoms with E-state index in [2.05, 4.69) is 35.5 Å². The number of nitrogens with zero attached hydrogens (tertiary/aromatic N) is 3. The number of hydrogen-bond donors (Lipinski definition) is 1. The van der Waals surface area contributed by atoms with E-state index in [1.807, 2.05) is 36.9 Å². The third-order valence-corrected chi connectivity index (χ3v) is 8.75. The standard InChI is InChI=1S/C30H36N4O4S/c1-19-9-6-10-20(2)27(19)25-16-26-32-29(31-25)33-39(36,37)24-14-7-11-21(15-24)28(35)34(22-12-8-13-22)23(18-38-26)17-30(3,4)5/h6-7,9-11,14-16,22-23H,8,12-13,17-18H2,1-5H3,(H,31,32,33)/t23-/m1/s1. The Labute approximate surface area is 230 Å². The van der Waals surface area contributed by atoms with Gasteiger partial charge in [0.25, 0.3) is 15.9 Å². The fourth-order valence-electron chi connectivity index (χ4n) is 5.44. The van der Waals surface area contributed by atoms with Crippen LogP contribution in [-0.2, 0) is 10.0 Å². The van der Waals surface area contributed by atoms with Gasteiger partial charge in [-0.2, -0.15) is 4.98 Å². The lowest BCUT2D eigenvalue weighted by Crippen LogP contribution is -2.53. The number of benzene rings is 2. The van der Waals surface area contributed by atoms with E-state index in [0.29, 0.717) is 17.7 Å². The van der Waals surface area contributed by atoms with E-state index in [1.165, 1.54) is 12.1 Å². The maximum atomic E-state index is 14.0. The molecule has 1 aromatic heterocycles. The summed E-state index contributed by atoms with van der Waals surface area (Å²) in [5, 5.41) is 0. The molecule has 1 fully saturated rings. The van der Waals surface area contributed by atoms with E-state index in [0.717, 1.165) is 36.0 Å². The van der Waals surface area contributed by atoms with Gasteiger partial charge in [0.2, 0.25) is 11.8 Å². The van der Waals surface area contributed by atoms with E-state index in [1.54, 1.807) is 18.2 Å². The molecular formula is C30H36N4O4S. The van der Waals surface area contributed by atoms with Crippen molar-refractivity contribution in [3.8, 4) is 17.1 Å². The van der Waals surface area contributed by atoms with Crippen molar-refractivity contribution < 1.29 is 17.9 Å². The zero-order valence-electron chi connectivity index (χ0n) is 23.2. The molecule has 2 aromatic carbocycles. The van der Waals surface area contributed by atoms with Crippen LogP contribution in [0.2, 0.25) is 0 Å². The summed E-state index contributed by atoms with van der Waals surface area (Å²) >= 11 is 0. The minimum absolute atomic E-state index is 0.0166. The van der Waals surface area contributed by atoms with E-state index in [-0.39, 0.29) is 46.7 Å². The molecular weight excluding hydrogens is 512 g/mol. The molecule has 0 saturated heterocycles. The molecule has 0 radical (unpaired) electrons. The lowest BCUT2D eigenvalue weighted by molar-refractivity contribution is 0.0244. The largest absolute Gasteiger partial charge is 0.475 e. The molecule has 39 heavy (non-hydrogen) atoms. The van der Waals surface area contributed by atoms with Crippen LogP contribution < -0.4 is 9.46 Å². The molecule has 1 aliphatic carbocycles. The summed E-state index contributed by atoms with van der Waals surface area (Å²) in [6.45, 7) is 10.7. The van der Waals surface area contributed by atoms with Gasteiger partial charge in [0, 0.05) is 23.2 Å². The van der Waals surface area contributed by atoms with E-state index in [4.69, 9.17) is 4.74 Å². The maximum Gasteiger partial charge on any atom is 0.264 e. The second kappa shape index (κ2) is 10.3. The van der Waals surface area contributed by atoms with Gasteiger partial charge in [-0.3, -0.25) is 4.79 Å². The van der Waals surface area contributed by atoms with Gasteiger partial charge in [0.15, 0.2) is 0 Å². The lowest BCUT2D eigenvalue weighted by atomic mass is 9.84. The van der Waals surface area contributed by atoms with Crippen molar-refractivity contribution in [3.05, 3.63) is 65.2 Å². The average Bonchev–Trinajstić information content (AvgIpc) is 2.82. The van der Waals surface area contributed by atoms with E-state index in [9.17, 15) is 13.2 Å². The quantitative estimate of drug-likeness (QED) is 0.447. The molecule has 2 heterocycles. The number of hydrogen-bond acceptors (Lipinski definition) is 6. The van der Waals surface area contributed by atoms with Crippen LogP contribution in [0, 0.1) is 19.3 Å². The van der Waals surface area contributed by atoms with Crippen molar-refractivity contribution in [2.24, 2.45) is 5.41 Å². The molecule has 0 unspecified atom stereocenters. The number of fused-ring (bicyclic) bond motifs is 4. The Bertz CT molecular complexity index is 1490. The Morgan fingerprint density at radius 2 is 1.72 bits per heavy atom. The smallest absolute Gasteiger partial charge is 0.264 e. The molecule has 3 aromatic rings. The van der Waals surface area contributed by atoms with E-state index < -0.39 is 10.0 Å². The van der Waals surface area contributed by atoms with Crippen molar-refractivity contribution >= 4 is 21.9 Å². The average molecular weight is 549 g/mol. The second-order valence-corrected chi connectivity index (χ2v) is 13.5. The normalized spacial score (nSPS) is 19.6. The first kappa shape index (κ1) is 27.1. The van der Waals surface area contributed by atoms with Crippen LogP contribution in [0.4, 0.5) is 5.95 Å². The molecule has 8 nitrogen and oxygen atoms in total. The van der Waals surface area contributed by atoms with Gasteiger partial charge in [-0.05, 0) is 74.3 Å². The third kappa shape index (κ3) is 5.78. The van der Waals surface area contributed by atoms with Crippen molar-refractivity contribution in [3.63, 3.8) is 0 Å². The van der Waals surface area contributed by atoms with Crippen molar-refractivity contribution in [2.45, 2.75) is 77.3 Å². The Morgan fingerprint density at radius 1 is 1.03 bits per heavy atom. The van der Waals surface area contributed by atoms with Gasteiger partial charge < -0.3 is 9.64 Å². The molecule has 1 amide bonds.